The molecule has 1 spiro atoms. The first kappa shape index (κ1) is 22.9. The summed E-state index contributed by atoms with van der Waals surface area (Å²) in [5.41, 5.74) is 3.86. The van der Waals surface area contributed by atoms with Crippen molar-refractivity contribution in [3.8, 4) is 5.75 Å². The third-order valence-electron chi connectivity index (χ3n) is 7.36. The van der Waals surface area contributed by atoms with Gasteiger partial charge in [0.05, 0.1) is 12.1 Å². The van der Waals surface area contributed by atoms with Crippen LogP contribution in [0.2, 0.25) is 0 Å². The maximum atomic E-state index is 12.7. The van der Waals surface area contributed by atoms with Gasteiger partial charge in [0.1, 0.15) is 18.6 Å². The third kappa shape index (κ3) is 4.68. The van der Waals surface area contributed by atoms with E-state index in [0.29, 0.717) is 12.3 Å². The highest BCUT2D eigenvalue weighted by atomic mass is 16.5. The Bertz CT molecular complexity index is 1200. The van der Waals surface area contributed by atoms with Crippen molar-refractivity contribution in [2.75, 3.05) is 6.54 Å². The summed E-state index contributed by atoms with van der Waals surface area (Å²) in [4.78, 5) is 15.1. The fourth-order valence-corrected chi connectivity index (χ4v) is 5.59. The molecule has 5 rings (SSSR count). The molecule has 34 heavy (non-hydrogen) atoms. The Morgan fingerprint density at radius 1 is 1.09 bits per heavy atom. The minimum Gasteiger partial charge on any atom is -0.482 e. The molecule has 0 amide bonds. The van der Waals surface area contributed by atoms with E-state index >= 15 is 0 Å². The van der Waals surface area contributed by atoms with Crippen molar-refractivity contribution in [1.29, 1.82) is 0 Å². The first-order chi connectivity index (χ1) is 16.3. The third-order valence-corrected chi connectivity index (χ3v) is 7.36. The van der Waals surface area contributed by atoms with Gasteiger partial charge in [0.15, 0.2) is 0 Å². The Balaban J connectivity index is 1.25. The first-order valence-corrected chi connectivity index (χ1v) is 12.2. The summed E-state index contributed by atoms with van der Waals surface area (Å²) in [6.07, 6.45) is 6.46. The van der Waals surface area contributed by atoms with E-state index in [2.05, 4.69) is 29.2 Å². The van der Waals surface area contributed by atoms with E-state index in [1.54, 1.807) is 19.9 Å². The maximum absolute atomic E-state index is 12.7. The van der Waals surface area contributed by atoms with E-state index < -0.39 is 5.60 Å². The number of rotatable bonds is 6. The number of hydrogen-bond acceptors (Lipinski definition) is 5. The van der Waals surface area contributed by atoms with Gasteiger partial charge in [0.2, 0.25) is 11.2 Å². The van der Waals surface area contributed by atoms with Gasteiger partial charge < -0.3 is 14.3 Å². The van der Waals surface area contributed by atoms with Gasteiger partial charge in [-0.15, -0.1) is 0 Å². The Kier molecular flexibility index (Phi) is 6.09. The molecule has 0 saturated heterocycles. The second-order valence-electron chi connectivity index (χ2n) is 10.4. The van der Waals surface area contributed by atoms with Crippen molar-refractivity contribution in [1.82, 2.24) is 4.90 Å². The Hall–Kier alpha value is -2.89. The van der Waals surface area contributed by atoms with Gasteiger partial charge in [-0.05, 0) is 48.9 Å². The van der Waals surface area contributed by atoms with Gasteiger partial charge in [0, 0.05) is 24.6 Å². The number of aliphatic hydroxyl groups is 1. The predicted molar refractivity (Wildman–Crippen MR) is 132 cm³/mol. The zero-order chi connectivity index (χ0) is 23.8. The minimum atomic E-state index is -0.885. The van der Waals surface area contributed by atoms with Crippen LogP contribution in [0.15, 0.2) is 70.1 Å². The van der Waals surface area contributed by atoms with Gasteiger partial charge in [-0.25, -0.2) is 0 Å². The summed E-state index contributed by atoms with van der Waals surface area (Å²) in [6, 6.07) is 17.9. The minimum absolute atomic E-state index is 0.164. The molecule has 1 aliphatic heterocycles. The lowest BCUT2D eigenvalue weighted by molar-refractivity contribution is 0.0785. The summed E-state index contributed by atoms with van der Waals surface area (Å²) in [5.74, 6) is 0.881. The average Bonchev–Trinajstić information content (AvgIpc) is 3.27. The van der Waals surface area contributed by atoms with Crippen LogP contribution in [-0.2, 0) is 30.7 Å². The molecule has 1 saturated carbocycles. The standard InChI is InChI=1S/C29H33NO4/c1-28(2,32)23-11-9-21(10-12-23)18-34-27-19-33-24(15-26(27)31)17-30-16-22-7-3-4-8-25(22)29(20-30)13-5-6-14-29/h3-4,7-12,15,19,32H,5-6,13-14,16-18,20H2,1-2H3. The van der Waals surface area contributed by atoms with Crippen LogP contribution in [0.25, 0.3) is 0 Å². The summed E-state index contributed by atoms with van der Waals surface area (Å²) in [7, 11) is 0. The van der Waals surface area contributed by atoms with E-state index in [1.807, 2.05) is 24.3 Å². The van der Waals surface area contributed by atoms with Gasteiger partial charge in [-0.3, -0.25) is 9.69 Å². The molecule has 1 fully saturated rings. The van der Waals surface area contributed by atoms with Crippen LogP contribution in [0.3, 0.4) is 0 Å². The van der Waals surface area contributed by atoms with Crippen molar-refractivity contribution in [3.63, 3.8) is 0 Å². The molecule has 1 aromatic heterocycles. The Morgan fingerprint density at radius 2 is 1.82 bits per heavy atom. The number of hydrogen-bond donors (Lipinski definition) is 1. The molecular formula is C29H33NO4. The second kappa shape index (κ2) is 9.05. The largest absolute Gasteiger partial charge is 0.482 e. The normalized spacial score (nSPS) is 17.6. The van der Waals surface area contributed by atoms with Crippen molar-refractivity contribution >= 4 is 0 Å². The van der Waals surface area contributed by atoms with Gasteiger partial charge >= 0.3 is 0 Å². The maximum Gasteiger partial charge on any atom is 0.227 e. The number of benzene rings is 2. The van der Waals surface area contributed by atoms with Crippen LogP contribution < -0.4 is 10.2 Å². The summed E-state index contributed by atoms with van der Waals surface area (Å²) >= 11 is 0. The highest BCUT2D eigenvalue weighted by Crippen LogP contribution is 2.46. The molecule has 0 radical (unpaired) electrons. The summed E-state index contributed by atoms with van der Waals surface area (Å²) < 4.78 is 11.6. The molecule has 178 valence electrons. The van der Waals surface area contributed by atoms with Crippen LogP contribution >= 0.6 is 0 Å². The topological polar surface area (TPSA) is 62.9 Å². The van der Waals surface area contributed by atoms with Gasteiger partial charge in [-0.2, -0.15) is 0 Å². The van der Waals surface area contributed by atoms with E-state index in [4.69, 9.17) is 9.15 Å². The van der Waals surface area contributed by atoms with Gasteiger partial charge in [0.25, 0.3) is 0 Å². The molecule has 2 aromatic carbocycles. The first-order valence-electron chi connectivity index (χ1n) is 12.2. The monoisotopic (exact) mass is 459 g/mol. The Morgan fingerprint density at radius 3 is 2.53 bits per heavy atom. The SMILES string of the molecule is CC(C)(O)c1ccc(COc2coc(CN3Cc4ccccc4C4(CCCC4)C3)cc2=O)cc1. The van der Waals surface area contributed by atoms with Crippen molar-refractivity contribution in [2.45, 2.75) is 70.2 Å². The smallest absolute Gasteiger partial charge is 0.227 e. The molecule has 3 aromatic rings. The zero-order valence-corrected chi connectivity index (χ0v) is 20.0. The van der Waals surface area contributed by atoms with Crippen LogP contribution in [-0.4, -0.2) is 16.6 Å². The molecule has 0 bridgehead atoms. The van der Waals surface area contributed by atoms with E-state index in [0.717, 1.165) is 24.2 Å². The lowest BCUT2D eigenvalue weighted by Crippen LogP contribution is -2.43. The van der Waals surface area contributed by atoms with Crippen LogP contribution in [0, 0.1) is 0 Å². The summed E-state index contributed by atoms with van der Waals surface area (Å²) in [5, 5.41) is 10.1. The van der Waals surface area contributed by atoms with E-state index in [-0.39, 0.29) is 23.2 Å². The lowest BCUT2D eigenvalue weighted by Gasteiger charge is -2.42. The zero-order valence-electron chi connectivity index (χ0n) is 20.0. The molecule has 2 aliphatic rings. The second-order valence-corrected chi connectivity index (χ2v) is 10.4. The molecule has 0 atom stereocenters. The molecule has 1 N–H and O–H groups in total. The molecule has 2 heterocycles. The van der Waals surface area contributed by atoms with Crippen LogP contribution in [0.1, 0.15) is 67.5 Å². The molecule has 0 unspecified atom stereocenters. The highest BCUT2D eigenvalue weighted by molar-refractivity contribution is 5.38. The Labute approximate surface area is 201 Å². The average molecular weight is 460 g/mol. The number of nitrogens with zero attached hydrogens (tertiary/aromatic N) is 1. The van der Waals surface area contributed by atoms with E-state index in [9.17, 15) is 9.90 Å². The predicted octanol–water partition coefficient (Wildman–Crippen LogP) is 5.27. The van der Waals surface area contributed by atoms with Crippen molar-refractivity contribution in [3.05, 3.63) is 99.1 Å². The molecule has 5 heteroatoms. The fraction of sp³-hybridized carbons (Fsp3) is 0.414. The molecule has 1 aliphatic carbocycles. The lowest BCUT2D eigenvalue weighted by atomic mass is 9.74. The fourth-order valence-electron chi connectivity index (χ4n) is 5.59. The van der Waals surface area contributed by atoms with E-state index in [1.165, 1.54) is 43.1 Å². The quantitative estimate of drug-likeness (QED) is 0.544. The number of ether oxygens (including phenoxy) is 1. The van der Waals surface area contributed by atoms with Crippen LogP contribution in [0.5, 0.6) is 5.75 Å². The molecule has 5 nitrogen and oxygen atoms in total. The van der Waals surface area contributed by atoms with Crippen molar-refractivity contribution in [2.24, 2.45) is 0 Å². The van der Waals surface area contributed by atoms with Crippen LogP contribution in [0.4, 0.5) is 0 Å². The molecular weight excluding hydrogens is 426 g/mol. The number of fused-ring (bicyclic) bond motifs is 2. The van der Waals surface area contributed by atoms with Crippen molar-refractivity contribution < 1.29 is 14.3 Å². The summed E-state index contributed by atoms with van der Waals surface area (Å²) in [6.45, 7) is 6.27. The van der Waals surface area contributed by atoms with Gasteiger partial charge in [-0.1, -0.05) is 61.4 Å². The highest BCUT2D eigenvalue weighted by Gasteiger charge is 2.41.